The normalized spacial score (nSPS) is 16.5. The number of fused-ring (bicyclic) bond motifs is 1. The van der Waals surface area contributed by atoms with Crippen molar-refractivity contribution in [1.29, 1.82) is 0 Å². The quantitative estimate of drug-likeness (QED) is 0.852. The van der Waals surface area contributed by atoms with E-state index in [4.69, 9.17) is 4.74 Å². The molecule has 8 heteroatoms. The van der Waals surface area contributed by atoms with Gasteiger partial charge in [0.25, 0.3) is 0 Å². The third-order valence-corrected chi connectivity index (χ3v) is 5.14. The number of halogens is 1. The Balaban J connectivity index is 2.00. The van der Waals surface area contributed by atoms with E-state index in [0.717, 1.165) is 11.3 Å². The molecule has 0 bridgehead atoms. The summed E-state index contributed by atoms with van der Waals surface area (Å²) in [5.74, 6) is 0.233. The lowest BCUT2D eigenvalue weighted by molar-refractivity contribution is 0.281. The molecule has 2 aromatic rings. The van der Waals surface area contributed by atoms with E-state index in [1.54, 1.807) is 19.1 Å². The van der Waals surface area contributed by atoms with E-state index >= 15 is 0 Å². The van der Waals surface area contributed by atoms with Gasteiger partial charge in [-0.3, -0.25) is 4.72 Å². The molecule has 1 aromatic heterocycles. The fraction of sp³-hybridized carbons (Fsp3) is 0.353. The van der Waals surface area contributed by atoms with Crippen molar-refractivity contribution in [3.05, 3.63) is 47.3 Å². The van der Waals surface area contributed by atoms with Crippen molar-refractivity contribution >= 4 is 21.5 Å². The SMILES string of the molecule is CCS(=O)(=O)Nc1nc2c(cc1Cc1ccc(F)cc1)N[C@@H](C)CO2. The van der Waals surface area contributed by atoms with Crippen LogP contribution in [0, 0.1) is 5.82 Å². The van der Waals surface area contributed by atoms with Gasteiger partial charge in [0.2, 0.25) is 15.9 Å². The van der Waals surface area contributed by atoms with Gasteiger partial charge in [-0.05, 0) is 37.6 Å². The highest BCUT2D eigenvalue weighted by atomic mass is 32.2. The molecular weight excluding hydrogens is 345 g/mol. The summed E-state index contributed by atoms with van der Waals surface area (Å²) in [5, 5.41) is 3.27. The minimum atomic E-state index is -3.48. The number of pyridine rings is 1. The Kier molecular flexibility index (Phi) is 4.80. The van der Waals surface area contributed by atoms with Gasteiger partial charge in [-0.15, -0.1) is 0 Å². The highest BCUT2D eigenvalue weighted by molar-refractivity contribution is 7.92. The van der Waals surface area contributed by atoms with Gasteiger partial charge in [0, 0.05) is 12.0 Å². The summed E-state index contributed by atoms with van der Waals surface area (Å²) in [6.07, 6.45) is 0.415. The van der Waals surface area contributed by atoms with Crippen LogP contribution in [0.25, 0.3) is 0 Å². The molecule has 1 atom stereocenters. The van der Waals surface area contributed by atoms with Crippen LogP contribution in [0.5, 0.6) is 5.88 Å². The second-order valence-corrected chi connectivity index (χ2v) is 8.02. The molecule has 134 valence electrons. The number of anilines is 2. The predicted octanol–water partition coefficient (Wildman–Crippen LogP) is 2.77. The molecule has 0 saturated carbocycles. The first-order valence-electron chi connectivity index (χ1n) is 8.04. The van der Waals surface area contributed by atoms with Crippen molar-refractivity contribution in [3.8, 4) is 5.88 Å². The number of aromatic nitrogens is 1. The molecule has 1 aliphatic rings. The molecule has 2 N–H and O–H groups in total. The van der Waals surface area contributed by atoms with E-state index in [-0.39, 0.29) is 23.4 Å². The Labute approximate surface area is 146 Å². The van der Waals surface area contributed by atoms with Gasteiger partial charge >= 0.3 is 0 Å². The molecule has 25 heavy (non-hydrogen) atoms. The van der Waals surface area contributed by atoms with Crippen molar-refractivity contribution in [2.24, 2.45) is 0 Å². The zero-order chi connectivity index (χ0) is 18.0. The fourth-order valence-corrected chi connectivity index (χ4v) is 3.14. The van der Waals surface area contributed by atoms with Gasteiger partial charge in [0.1, 0.15) is 18.2 Å². The number of hydrogen-bond donors (Lipinski definition) is 2. The van der Waals surface area contributed by atoms with Gasteiger partial charge in [-0.25, -0.2) is 12.8 Å². The third-order valence-electron chi connectivity index (χ3n) is 3.88. The van der Waals surface area contributed by atoms with Gasteiger partial charge in [0.15, 0.2) is 0 Å². The highest BCUT2D eigenvalue weighted by Crippen LogP contribution is 2.32. The maximum atomic E-state index is 13.1. The minimum absolute atomic E-state index is 0.0576. The molecule has 2 heterocycles. The summed E-state index contributed by atoms with van der Waals surface area (Å²) < 4.78 is 45.2. The monoisotopic (exact) mass is 365 g/mol. The molecule has 0 spiro atoms. The largest absolute Gasteiger partial charge is 0.474 e. The lowest BCUT2D eigenvalue weighted by atomic mass is 10.0. The number of nitrogens with one attached hydrogen (secondary N) is 2. The lowest BCUT2D eigenvalue weighted by Gasteiger charge is -2.25. The molecule has 3 rings (SSSR count). The second-order valence-electron chi connectivity index (χ2n) is 6.01. The van der Waals surface area contributed by atoms with E-state index in [2.05, 4.69) is 15.0 Å². The van der Waals surface area contributed by atoms with Crippen LogP contribution in [-0.2, 0) is 16.4 Å². The highest BCUT2D eigenvalue weighted by Gasteiger charge is 2.21. The Bertz CT molecular complexity index is 869. The first-order chi connectivity index (χ1) is 11.9. The molecule has 0 unspecified atom stereocenters. The van der Waals surface area contributed by atoms with Crippen molar-refractivity contribution in [2.75, 3.05) is 22.4 Å². The minimum Gasteiger partial charge on any atom is -0.474 e. The summed E-state index contributed by atoms with van der Waals surface area (Å²) in [5.41, 5.74) is 2.26. The Morgan fingerprint density at radius 3 is 2.76 bits per heavy atom. The summed E-state index contributed by atoms with van der Waals surface area (Å²) in [7, 11) is -3.48. The van der Waals surface area contributed by atoms with Gasteiger partial charge < -0.3 is 10.1 Å². The van der Waals surface area contributed by atoms with Crippen molar-refractivity contribution in [3.63, 3.8) is 0 Å². The summed E-state index contributed by atoms with van der Waals surface area (Å²) in [6, 6.07) is 8.04. The second kappa shape index (κ2) is 6.87. The van der Waals surface area contributed by atoms with Gasteiger partial charge in [-0.1, -0.05) is 12.1 Å². The maximum absolute atomic E-state index is 13.1. The fourth-order valence-electron chi connectivity index (χ4n) is 2.53. The number of rotatable bonds is 5. The first kappa shape index (κ1) is 17.5. The zero-order valence-electron chi connectivity index (χ0n) is 14.0. The number of hydrogen-bond acceptors (Lipinski definition) is 5. The molecule has 1 aliphatic heterocycles. The number of ether oxygens (including phenoxy) is 1. The molecule has 0 saturated heterocycles. The summed E-state index contributed by atoms with van der Waals surface area (Å²) in [4.78, 5) is 4.35. The van der Waals surface area contributed by atoms with E-state index in [0.29, 0.717) is 24.5 Å². The van der Waals surface area contributed by atoms with Crippen LogP contribution in [0.1, 0.15) is 25.0 Å². The van der Waals surface area contributed by atoms with E-state index < -0.39 is 10.0 Å². The van der Waals surface area contributed by atoms with Crippen molar-refractivity contribution in [1.82, 2.24) is 4.98 Å². The molecule has 0 aliphatic carbocycles. The van der Waals surface area contributed by atoms with Crippen molar-refractivity contribution < 1.29 is 17.5 Å². The Morgan fingerprint density at radius 2 is 2.08 bits per heavy atom. The smallest absolute Gasteiger partial charge is 0.239 e. The molecule has 1 aromatic carbocycles. The molecule has 0 radical (unpaired) electrons. The predicted molar refractivity (Wildman–Crippen MR) is 95.1 cm³/mol. The van der Waals surface area contributed by atoms with Gasteiger partial charge in [-0.2, -0.15) is 4.98 Å². The van der Waals surface area contributed by atoms with Crippen LogP contribution in [0.3, 0.4) is 0 Å². The van der Waals surface area contributed by atoms with E-state index in [1.165, 1.54) is 12.1 Å². The topological polar surface area (TPSA) is 80.3 Å². The lowest BCUT2D eigenvalue weighted by Crippen LogP contribution is -2.29. The van der Waals surface area contributed by atoms with E-state index in [9.17, 15) is 12.8 Å². The number of sulfonamides is 1. The van der Waals surface area contributed by atoms with Crippen LogP contribution >= 0.6 is 0 Å². The number of benzene rings is 1. The summed E-state index contributed by atoms with van der Waals surface area (Å²) in [6.45, 7) is 3.99. The van der Waals surface area contributed by atoms with Gasteiger partial charge in [0.05, 0.1) is 17.5 Å². The zero-order valence-corrected chi connectivity index (χ0v) is 14.9. The standard InChI is InChI=1S/C17H20FN3O3S/c1-3-25(22,23)21-16-13(8-12-4-6-14(18)7-5-12)9-15-17(20-16)24-10-11(2)19-15/h4-7,9,11,19H,3,8,10H2,1-2H3,(H,20,21)/t11-/m0/s1. The van der Waals surface area contributed by atoms with Crippen LogP contribution in [-0.4, -0.2) is 31.8 Å². The molecule has 0 fully saturated rings. The molecule has 6 nitrogen and oxygen atoms in total. The third kappa shape index (κ3) is 4.19. The van der Waals surface area contributed by atoms with Crippen LogP contribution in [0.4, 0.5) is 15.9 Å². The summed E-state index contributed by atoms with van der Waals surface area (Å²) >= 11 is 0. The van der Waals surface area contributed by atoms with Crippen LogP contribution in [0.15, 0.2) is 30.3 Å². The maximum Gasteiger partial charge on any atom is 0.239 e. The Hall–Kier alpha value is -2.35. The van der Waals surface area contributed by atoms with Crippen LogP contribution < -0.4 is 14.8 Å². The molecule has 0 amide bonds. The Morgan fingerprint density at radius 1 is 1.36 bits per heavy atom. The van der Waals surface area contributed by atoms with Crippen LogP contribution in [0.2, 0.25) is 0 Å². The van der Waals surface area contributed by atoms with Crippen molar-refractivity contribution in [2.45, 2.75) is 26.3 Å². The average Bonchev–Trinajstić information content (AvgIpc) is 2.57. The average molecular weight is 365 g/mol. The number of nitrogens with zero attached hydrogens (tertiary/aromatic N) is 1. The first-order valence-corrected chi connectivity index (χ1v) is 9.69. The van der Waals surface area contributed by atoms with E-state index in [1.807, 2.05) is 13.0 Å². The molecular formula is C17H20FN3O3S.